The predicted molar refractivity (Wildman–Crippen MR) is 102 cm³/mol. The van der Waals surface area contributed by atoms with Crippen molar-refractivity contribution in [1.82, 2.24) is 5.06 Å². The molecule has 6 heteroatoms. The molecular formula is C21H24N2O3Pd. The predicted octanol–water partition coefficient (Wildman–Crippen LogP) is 2.41. The van der Waals surface area contributed by atoms with Crippen LogP contribution in [0, 0.1) is 11.6 Å². The zero-order chi connectivity index (χ0) is 19.2. The number of hydroxylamine groups is 2. The van der Waals surface area contributed by atoms with Gasteiger partial charge >= 0.3 is 20.4 Å². The van der Waals surface area contributed by atoms with Crippen LogP contribution in [0.1, 0.15) is 26.3 Å². The SMILES string of the molecule is CC(C)(C)N([O-])/C=C1\[C]C(C([O-])=NC(CO)Cc2ccccc2)=CC=C1.[Pd+2]. The van der Waals surface area contributed by atoms with E-state index in [-0.39, 0.29) is 32.6 Å². The minimum Gasteiger partial charge on any atom is -0.859 e. The third-order valence-corrected chi connectivity index (χ3v) is 3.79. The molecule has 1 aliphatic rings. The Morgan fingerprint density at radius 1 is 1.30 bits per heavy atom. The van der Waals surface area contributed by atoms with E-state index in [1.54, 1.807) is 39.0 Å². The van der Waals surface area contributed by atoms with E-state index in [0.717, 1.165) is 10.6 Å². The van der Waals surface area contributed by atoms with E-state index in [0.29, 0.717) is 12.0 Å². The van der Waals surface area contributed by atoms with E-state index >= 15 is 0 Å². The van der Waals surface area contributed by atoms with E-state index in [1.807, 2.05) is 30.3 Å². The van der Waals surface area contributed by atoms with Gasteiger partial charge in [-0.25, -0.2) is 0 Å². The Morgan fingerprint density at radius 2 is 1.96 bits per heavy atom. The van der Waals surface area contributed by atoms with Gasteiger partial charge in [-0.1, -0.05) is 48.6 Å². The van der Waals surface area contributed by atoms with Gasteiger partial charge in [0, 0.05) is 5.54 Å². The van der Waals surface area contributed by atoms with Crippen LogP contribution in [0.15, 0.2) is 70.9 Å². The molecule has 0 saturated carbocycles. The van der Waals surface area contributed by atoms with Crippen molar-refractivity contribution in [2.24, 2.45) is 4.99 Å². The van der Waals surface area contributed by atoms with Gasteiger partial charge in [0.15, 0.2) is 0 Å². The smallest absolute Gasteiger partial charge is 0.859 e. The summed E-state index contributed by atoms with van der Waals surface area (Å²) in [6.07, 6.45) is 9.80. The molecule has 0 bridgehead atoms. The van der Waals surface area contributed by atoms with Crippen LogP contribution in [-0.2, 0) is 26.8 Å². The van der Waals surface area contributed by atoms with Crippen molar-refractivity contribution in [3.63, 3.8) is 0 Å². The van der Waals surface area contributed by atoms with Crippen LogP contribution in [-0.4, -0.2) is 34.3 Å². The summed E-state index contributed by atoms with van der Waals surface area (Å²) < 4.78 is 0. The van der Waals surface area contributed by atoms with Crippen LogP contribution >= 0.6 is 0 Å². The van der Waals surface area contributed by atoms with Gasteiger partial charge in [-0.15, -0.1) is 0 Å². The van der Waals surface area contributed by atoms with Crippen LogP contribution in [0.4, 0.5) is 0 Å². The zero-order valence-electron chi connectivity index (χ0n) is 15.7. The van der Waals surface area contributed by atoms with E-state index in [9.17, 15) is 15.4 Å². The molecule has 0 saturated heterocycles. The standard InChI is InChI=1S/C21H25N2O3.Pd/c1-21(2,3)23(26)14-17-10-7-11-18(12-17)20(25)22-19(15-24)13-16-8-5-4-6-9-16;/h4-11,14,19,24H,13,15H2,1-3H3,(H,22,25);/q-1;+2/p-1/b17-14-;. The fourth-order valence-electron chi connectivity index (χ4n) is 2.28. The summed E-state index contributed by atoms with van der Waals surface area (Å²) in [6.45, 7) is 5.19. The minimum atomic E-state index is -0.574. The second-order valence-electron chi connectivity index (χ2n) is 7.11. The average molecular weight is 459 g/mol. The van der Waals surface area contributed by atoms with Gasteiger partial charge in [0.25, 0.3) is 0 Å². The molecule has 1 aromatic rings. The molecule has 1 unspecified atom stereocenters. The van der Waals surface area contributed by atoms with Crippen molar-refractivity contribution in [2.75, 3.05) is 6.61 Å². The van der Waals surface area contributed by atoms with Crippen LogP contribution in [0.2, 0.25) is 0 Å². The summed E-state index contributed by atoms with van der Waals surface area (Å²) in [5.41, 5.74) is 1.21. The number of hydrogen-bond donors (Lipinski definition) is 1. The zero-order valence-corrected chi connectivity index (χ0v) is 17.2. The van der Waals surface area contributed by atoms with Gasteiger partial charge < -0.3 is 20.5 Å². The van der Waals surface area contributed by atoms with Gasteiger partial charge in [-0.2, -0.15) is 0 Å². The number of aliphatic hydroxyl groups is 1. The minimum absolute atomic E-state index is 0. The number of allylic oxidation sites excluding steroid dienone is 4. The summed E-state index contributed by atoms with van der Waals surface area (Å²) in [6, 6.07) is 9.06. The molecule has 0 heterocycles. The monoisotopic (exact) mass is 458 g/mol. The van der Waals surface area contributed by atoms with Crippen LogP contribution in [0.3, 0.4) is 0 Å². The molecule has 0 spiro atoms. The topological polar surface area (TPSA) is 82.0 Å². The first-order chi connectivity index (χ1) is 12.3. The summed E-state index contributed by atoms with van der Waals surface area (Å²) in [5, 5.41) is 34.8. The Kier molecular flexibility index (Phi) is 9.14. The van der Waals surface area contributed by atoms with Crippen LogP contribution in [0.5, 0.6) is 0 Å². The molecule has 0 fully saturated rings. The Morgan fingerprint density at radius 3 is 2.56 bits per heavy atom. The van der Waals surface area contributed by atoms with Gasteiger partial charge in [0.05, 0.1) is 19.1 Å². The Bertz CT molecular complexity index is 719. The second-order valence-corrected chi connectivity index (χ2v) is 7.11. The second kappa shape index (κ2) is 10.6. The molecule has 27 heavy (non-hydrogen) atoms. The Hall–Kier alpha value is -1.71. The molecule has 2 radical (unpaired) electrons. The molecule has 1 atom stereocenters. The summed E-state index contributed by atoms with van der Waals surface area (Å²) in [7, 11) is 0. The molecule has 1 aromatic carbocycles. The van der Waals surface area contributed by atoms with Crippen molar-refractivity contribution >= 4 is 5.90 Å². The largest absolute Gasteiger partial charge is 2.00 e. The normalized spacial score (nSPS) is 17.3. The Balaban J connectivity index is 0.00000364. The quantitative estimate of drug-likeness (QED) is 0.307. The molecule has 1 N–H and O–H groups in total. The van der Waals surface area contributed by atoms with Gasteiger partial charge in [0.1, 0.15) is 0 Å². The number of aliphatic imine (C=N–C) groups is 1. The van der Waals surface area contributed by atoms with E-state index in [1.165, 1.54) is 6.20 Å². The third kappa shape index (κ3) is 7.44. The molecule has 2 rings (SSSR count). The van der Waals surface area contributed by atoms with Crippen LogP contribution in [0.25, 0.3) is 0 Å². The van der Waals surface area contributed by atoms with Crippen molar-refractivity contribution in [2.45, 2.75) is 38.8 Å². The van der Waals surface area contributed by atoms with Crippen molar-refractivity contribution in [3.8, 4) is 0 Å². The summed E-state index contributed by atoms with van der Waals surface area (Å²) in [5.74, 6) is -0.455. The number of benzene rings is 1. The number of aliphatic hydroxyl groups excluding tert-OH is 1. The first kappa shape index (κ1) is 23.3. The molecule has 0 amide bonds. The number of hydrogen-bond acceptors (Lipinski definition) is 5. The molecule has 1 aliphatic carbocycles. The first-order valence-corrected chi connectivity index (χ1v) is 8.53. The summed E-state index contributed by atoms with van der Waals surface area (Å²) >= 11 is 0. The number of rotatable bonds is 6. The number of nitrogens with zero attached hydrogens (tertiary/aromatic N) is 2. The Labute approximate surface area is 175 Å². The van der Waals surface area contributed by atoms with Gasteiger partial charge in [0.2, 0.25) is 0 Å². The van der Waals surface area contributed by atoms with E-state index < -0.39 is 17.5 Å². The molecular weight excluding hydrogens is 435 g/mol. The molecule has 146 valence electrons. The fraction of sp³-hybridized carbons (Fsp3) is 0.333. The van der Waals surface area contributed by atoms with E-state index in [4.69, 9.17) is 0 Å². The third-order valence-electron chi connectivity index (χ3n) is 3.79. The molecule has 5 nitrogen and oxygen atoms in total. The van der Waals surface area contributed by atoms with Crippen molar-refractivity contribution in [1.29, 1.82) is 0 Å². The average Bonchev–Trinajstić information content (AvgIpc) is 2.61. The van der Waals surface area contributed by atoms with Crippen molar-refractivity contribution < 1.29 is 30.6 Å². The maximum Gasteiger partial charge on any atom is 2.00 e. The first-order valence-electron chi connectivity index (χ1n) is 8.53. The van der Waals surface area contributed by atoms with Crippen LogP contribution < -0.4 is 5.11 Å². The van der Waals surface area contributed by atoms with Gasteiger partial charge in [-0.05, 0) is 56.0 Å². The molecule has 0 aromatic heterocycles. The maximum atomic E-state index is 12.4. The maximum absolute atomic E-state index is 12.4. The molecule has 0 aliphatic heterocycles. The fourth-order valence-corrected chi connectivity index (χ4v) is 2.28. The van der Waals surface area contributed by atoms with Gasteiger partial charge in [-0.3, -0.25) is 4.99 Å². The van der Waals surface area contributed by atoms with Crippen molar-refractivity contribution in [3.05, 3.63) is 83.1 Å². The summed E-state index contributed by atoms with van der Waals surface area (Å²) in [4.78, 5) is 4.10. The van der Waals surface area contributed by atoms with E-state index in [2.05, 4.69) is 11.4 Å².